The van der Waals surface area contributed by atoms with Crippen LogP contribution in [0.2, 0.25) is 0 Å². The van der Waals surface area contributed by atoms with Gasteiger partial charge in [-0.2, -0.15) is 0 Å². The van der Waals surface area contributed by atoms with Crippen LogP contribution in [0.1, 0.15) is 38.5 Å². The van der Waals surface area contributed by atoms with Gasteiger partial charge in [-0.3, -0.25) is 0 Å². The van der Waals surface area contributed by atoms with Crippen molar-refractivity contribution in [3.63, 3.8) is 0 Å². The van der Waals surface area contributed by atoms with Gasteiger partial charge in [0.25, 0.3) is 0 Å². The molecule has 0 aliphatic heterocycles. The number of aliphatic hydroxyl groups is 1. The Morgan fingerprint density at radius 2 is 1.92 bits per heavy atom. The highest BCUT2D eigenvalue weighted by Crippen LogP contribution is 2.36. The third-order valence-electron chi connectivity index (χ3n) is 3.10. The quantitative estimate of drug-likeness (QED) is 0.651. The number of hydrogen-bond donors (Lipinski definition) is 1. The monoisotopic (exact) mass is 177 g/mol. The summed E-state index contributed by atoms with van der Waals surface area (Å²) in [6, 6.07) is 0. The van der Waals surface area contributed by atoms with Crippen LogP contribution in [-0.4, -0.2) is 5.11 Å². The Labute approximate surface area is 80.2 Å². The number of allylic oxidation sites excluding steroid dienone is 2. The Kier molecular flexibility index (Phi) is 2.84. The zero-order valence-corrected chi connectivity index (χ0v) is 8.00. The largest absolute Gasteiger partial charge is 0.382 e. The molecule has 0 aromatic heterocycles. The minimum absolute atomic E-state index is 0.606. The molecule has 1 N–H and O–H groups in total. The molecule has 0 unspecified atom stereocenters. The van der Waals surface area contributed by atoms with Crippen molar-refractivity contribution >= 4 is 0 Å². The maximum Gasteiger partial charge on any atom is 0.122 e. The van der Waals surface area contributed by atoms with Crippen molar-refractivity contribution in [3.8, 4) is 0 Å². The van der Waals surface area contributed by atoms with E-state index in [4.69, 9.17) is 0 Å². The first-order valence-corrected chi connectivity index (χ1v) is 5.30. The standard InChI is InChI=1S/C12H17O/c13-12-9-5-4-8-11(12)10-6-2-1-3-7-10/h4-5,8,10,13H,1-3,6-7,9H2. The Morgan fingerprint density at radius 3 is 2.62 bits per heavy atom. The Morgan fingerprint density at radius 1 is 1.15 bits per heavy atom. The smallest absolute Gasteiger partial charge is 0.122 e. The molecule has 2 rings (SSSR count). The van der Waals surface area contributed by atoms with Crippen LogP contribution in [0.15, 0.2) is 23.8 Å². The third-order valence-corrected chi connectivity index (χ3v) is 3.10. The second-order valence-corrected chi connectivity index (χ2v) is 4.04. The predicted octanol–water partition coefficient (Wildman–Crippen LogP) is 3.36. The van der Waals surface area contributed by atoms with E-state index in [1.807, 2.05) is 6.08 Å². The molecule has 2 aliphatic carbocycles. The fourth-order valence-corrected chi connectivity index (χ4v) is 2.35. The molecule has 0 bridgehead atoms. The highest BCUT2D eigenvalue weighted by atomic mass is 16.3. The molecule has 0 aromatic rings. The van der Waals surface area contributed by atoms with Crippen molar-refractivity contribution in [2.45, 2.75) is 38.5 Å². The van der Waals surface area contributed by atoms with E-state index in [0.717, 1.165) is 6.42 Å². The number of hydrogen-bond acceptors (Lipinski definition) is 1. The highest BCUT2D eigenvalue weighted by molar-refractivity contribution is 5.32. The van der Waals surface area contributed by atoms with Gasteiger partial charge in [-0.1, -0.05) is 37.5 Å². The van der Waals surface area contributed by atoms with Crippen LogP contribution in [0.4, 0.5) is 0 Å². The third kappa shape index (κ3) is 2.02. The number of rotatable bonds is 1. The molecule has 2 aliphatic rings. The maximum atomic E-state index is 9.72. The molecule has 0 aromatic carbocycles. The van der Waals surface area contributed by atoms with Crippen LogP contribution in [0.5, 0.6) is 0 Å². The average molecular weight is 177 g/mol. The first-order chi connectivity index (χ1) is 6.38. The molecule has 71 valence electrons. The van der Waals surface area contributed by atoms with E-state index in [1.165, 1.54) is 37.7 Å². The Hall–Kier alpha value is -0.560. The maximum absolute atomic E-state index is 9.72. The lowest BCUT2D eigenvalue weighted by molar-refractivity contribution is 0.285. The van der Waals surface area contributed by atoms with E-state index in [1.54, 1.807) is 0 Å². The van der Waals surface area contributed by atoms with Gasteiger partial charge in [-0.15, -0.1) is 0 Å². The molecule has 0 spiro atoms. The molecule has 0 saturated heterocycles. The second-order valence-electron chi connectivity index (χ2n) is 4.04. The van der Waals surface area contributed by atoms with E-state index in [-0.39, 0.29) is 0 Å². The normalized spacial score (nSPS) is 26.1. The van der Waals surface area contributed by atoms with Crippen LogP contribution in [-0.2, 0) is 0 Å². The fourth-order valence-electron chi connectivity index (χ4n) is 2.35. The van der Waals surface area contributed by atoms with Crippen LogP contribution >= 0.6 is 0 Å². The molecule has 1 nitrogen and oxygen atoms in total. The summed E-state index contributed by atoms with van der Waals surface area (Å²) in [5.41, 5.74) is 1.21. The van der Waals surface area contributed by atoms with Gasteiger partial charge in [0, 0.05) is 6.42 Å². The lowest BCUT2D eigenvalue weighted by atomic mass is 9.80. The molecule has 13 heavy (non-hydrogen) atoms. The summed E-state index contributed by atoms with van der Waals surface area (Å²) in [5.74, 6) is 0.638. The molecule has 1 fully saturated rings. The van der Waals surface area contributed by atoms with Crippen LogP contribution in [0.25, 0.3) is 0 Å². The topological polar surface area (TPSA) is 20.2 Å². The summed E-state index contributed by atoms with van der Waals surface area (Å²) in [6.07, 6.45) is 14.1. The van der Waals surface area contributed by atoms with Crippen molar-refractivity contribution in [2.24, 2.45) is 5.92 Å². The van der Waals surface area contributed by atoms with E-state index in [0.29, 0.717) is 12.0 Å². The molecule has 0 heterocycles. The summed E-state index contributed by atoms with van der Waals surface area (Å²) < 4.78 is 0. The summed E-state index contributed by atoms with van der Waals surface area (Å²) in [6.45, 7) is 0. The molecular weight excluding hydrogens is 160 g/mol. The Bertz CT molecular complexity index is 221. The van der Waals surface area contributed by atoms with Crippen molar-refractivity contribution in [3.05, 3.63) is 29.9 Å². The molecule has 0 amide bonds. The minimum Gasteiger partial charge on any atom is -0.382 e. The van der Waals surface area contributed by atoms with Crippen molar-refractivity contribution in [1.29, 1.82) is 0 Å². The summed E-state index contributed by atoms with van der Waals surface area (Å²) in [7, 11) is 0. The van der Waals surface area contributed by atoms with Crippen molar-refractivity contribution in [1.82, 2.24) is 0 Å². The summed E-state index contributed by atoms with van der Waals surface area (Å²) in [5, 5.41) is 9.72. The SMILES string of the molecule is O[C]1CC=CC=C1C1CCCCC1. The van der Waals surface area contributed by atoms with Gasteiger partial charge >= 0.3 is 0 Å². The van der Waals surface area contributed by atoms with Crippen molar-refractivity contribution in [2.75, 3.05) is 0 Å². The molecular formula is C12H17O. The zero-order chi connectivity index (χ0) is 9.10. The van der Waals surface area contributed by atoms with E-state index >= 15 is 0 Å². The predicted molar refractivity (Wildman–Crippen MR) is 53.6 cm³/mol. The average Bonchev–Trinajstić information content (AvgIpc) is 2.20. The van der Waals surface area contributed by atoms with Crippen molar-refractivity contribution < 1.29 is 5.11 Å². The fraction of sp³-hybridized carbons (Fsp3) is 0.583. The molecule has 1 radical (unpaired) electrons. The number of aliphatic hydroxyl groups excluding tert-OH is 1. The molecule has 1 heteroatoms. The summed E-state index contributed by atoms with van der Waals surface area (Å²) in [4.78, 5) is 0. The van der Waals surface area contributed by atoms with Crippen LogP contribution in [0, 0.1) is 12.0 Å². The summed E-state index contributed by atoms with van der Waals surface area (Å²) >= 11 is 0. The van der Waals surface area contributed by atoms with Gasteiger partial charge < -0.3 is 5.11 Å². The van der Waals surface area contributed by atoms with Crippen LogP contribution < -0.4 is 0 Å². The first kappa shape index (κ1) is 9.01. The van der Waals surface area contributed by atoms with Gasteiger partial charge in [0.05, 0.1) is 0 Å². The van der Waals surface area contributed by atoms with Gasteiger partial charge in [-0.05, 0) is 24.3 Å². The van der Waals surface area contributed by atoms with Gasteiger partial charge in [0.2, 0.25) is 0 Å². The van der Waals surface area contributed by atoms with Gasteiger partial charge in [-0.25, -0.2) is 0 Å². The van der Waals surface area contributed by atoms with E-state index in [2.05, 4.69) is 12.2 Å². The lowest BCUT2D eigenvalue weighted by Gasteiger charge is -2.27. The second kappa shape index (κ2) is 4.10. The zero-order valence-electron chi connectivity index (χ0n) is 8.00. The first-order valence-electron chi connectivity index (χ1n) is 5.30. The minimum atomic E-state index is 0.606. The van der Waals surface area contributed by atoms with E-state index < -0.39 is 0 Å². The molecule has 0 atom stereocenters. The van der Waals surface area contributed by atoms with E-state index in [9.17, 15) is 5.11 Å². The Balaban J connectivity index is 2.04. The van der Waals surface area contributed by atoms with Gasteiger partial charge in [0.1, 0.15) is 6.10 Å². The lowest BCUT2D eigenvalue weighted by Crippen LogP contribution is -2.15. The highest BCUT2D eigenvalue weighted by Gasteiger charge is 2.23. The van der Waals surface area contributed by atoms with Crippen LogP contribution in [0.3, 0.4) is 0 Å². The molecule has 1 saturated carbocycles. The van der Waals surface area contributed by atoms with Gasteiger partial charge in [0.15, 0.2) is 0 Å².